The summed E-state index contributed by atoms with van der Waals surface area (Å²) < 4.78 is 27.5. The molecule has 2 aromatic carbocycles. The van der Waals surface area contributed by atoms with Crippen LogP contribution in [0.4, 0.5) is 14.5 Å². The number of anilines is 1. The second-order valence-corrected chi connectivity index (χ2v) is 6.42. The molecule has 0 heterocycles. The van der Waals surface area contributed by atoms with Crippen LogP contribution in [0.3, 0.4) is 0 Å². The van der Waals surface area contributed by atoms with E-state index in [-0.39, 0.29) is 39.4 Å². The standard InChI is InChI=1S/C19H17ClF2NO.Ti/c20-14-8-6-13(7-9-14)19(24)23(16-4-2-1-3-5-16)18-11-10-15(21)12-17(18)22;/h6-11,16H,1-5H2;/q-1;. The van der Waals surface area contributed by atoms with E-state index in [9.17, 15) is 13.6 Å². The van der Waals surface area contributed by atoms with Gasteiger partial charge in [0.1, 0.15) is 0 Å². The Kier molecular flexibility index (Phi) is 7.18. The summed E-state index contributed by atoms with van der Waals surface area (Å²) in [6.07, 6.45) is 4.69. The van der Waals surface area contributed by atoms with Crippen molar-refractivity contribution in [1.82, 2.24) is 0 Å². The number of hydrogen-bond donors (Lipinski definition) is 0. The molecule has 1 aliphatic rings. The predicted octanol–water partition coefficient (Wildman–Crippen LogP) is 5.40. The minimum atomic E-state index is -0.845. The molecule has 2 aromatic rings. The summed E-state index contributed by atoms with van der Waals surface area (Å²) in [6.45, 7) is 0. The zero-order valence-electron chi connectivity index (χ0n) is 13.6. The molecule has 25 heavy (non-hydrogen) atoms. The van der Waals surface area contributed by atoms with Crippen LogP contribution < -0.4 is 4.90 Å². The van der Waals surface area contributed by atoms with Gasteiger partial charge in [-0.25, -0.2) is 8.78 Å². The number of amides is 1. The van der Waals surface area contributed by atoms with E-state index < -0.39 is 11.6 Å². The summed E-state index contributed by atoms with van der Waals surface area (Å²) in [7, 11) is 0. The van der Waals surface area contributed by atoms with Gasteiger partial charge in [-0.15, -0.1) is 18.2 Å². The molecule has 0 atom stereocenters. The van der Waals surface area contributed by atoms with Gasteiger partial charge in [-0.3, -0.25) is 4.79 Å². The molecule has 0 N–H and O–H groups in total. The Morgan fingerprint density at radius 1 is 1.04 bits per heavy atom. The fraction of sp³-hybridized carbons (Fsp3) is 0.316. The van der Waals surface area contributed by atoms with Crippen molar-refractivity contribution in [3.8, 4) is 0 Å². The molecule has 0 radical (unpaired) electrons. The summed E-state index contributed by atoms with van der Waals surface area (Å²) in [5, 5.41) is 0.525. The van der Waals surface area contributed by atoms with E-state index in [0.717, 1.165) is 38.2 Å². The van der Waals surface area contributed by atoms with Crippen molar-refractivity contribution in [2.75, 3.05) is 4.90 Å². The zero-order valence-corrected chi connectivity index (χ0v) is 15.9. The summed E-state index contributed by atoms with van der Waals surface area (Å²) in [5.74, 6) is -1.93. The number of carbonyl (C=O) groups is 1. The maximum absolute atomic E-state index is 14.3. The first kappa shape index (κ1) is 20.1. The average Bonchev–Trinajstić information content (AvgIpc) is 2.58. The van der Waals surface area contributed by atoms with E-state index in [0.29, 0.717) is 10.6 Å². The van der Waals surface area contributed by atoms with Crippen LogP contribution in [0.25, 0.3) is 0 Å². The van der Waals surface area contributed by atoms with Crippen LogP contribution in [-0.4, -0.2) is 11.9 Å². The number of hydrogen-bond acceptors (Lipinski definition) is 1. The fourth-order valence-electron chi connectivity index (χ4n) is 3.16. The minimum absolute atomic E-state index is 0. The maximum atomic E-state index is 14.3. The van der Waals surface area contributed by atoms with Crippen LogP contribution >= 0.6 is 11.6 Å². The maximum Gasteiger partial charge on any atom is 0.247 e. The first-order chi connectivity index (χ1) is 11.6. The smallest absolute Gasteiger partial charge is 0.247 e. The number of nitrogens with zero attached hydrogens (tertiary/aromatic N) is 1. The predicted molar refractivity (Wildman–Crippen MR) is 90.3 cm³/mol. The van der Waals surface area contributed by atoms with Gasteiger partial charge in [-0.05, 0) is 42.8 Å². The van der Waals surface area contributed by atoms with Crippen molar-refractivity contribution in [2.24, 2.45) is 0 Å². The molecule has 0 saturated heterocycles. The zero-order chi connectivity index (χ0) is 17.1. The van der Waals surface area contributed by atoms with Gasteiger partial charge in [0, 0.05) is 50.0 Å². The van der Waals surface area contributed by atoms with Crippen LogP contribution in [-0.2, 0) is 21.7 Å². The summed E-state index contributed by atoms with van der Waals surface area (Å²) in [4.78, 5) is 14.5. The molecule has 0 aliphatic heterocycles. The van der Waals surface area contributed by atoms with E-state index in [1.807, 2.05) is 6.07 Å². The first-order valence-corrected chi connectivity index (χ1v) is 8.40. The van der Waals surface area contributed by atoms with Crippen molar-refractivity contribution in [1.29, 1.82) is 0 Å². The first-order valence-electron chi connectivity index (χ1n) is 8.03. The normalized spacial score (nSPS) is 14.7. The Morgan fingerprint density at radius 2 is 1.68 bits per heavy atom. The van der Waals surface area contributed by atoms with Crippen molar-refractivity contribution in [2.45, 2.75) is 38.1 Å². The SMILES string of the molecule is O=C(c1ccc(Cl)cc1)N(c1ccc(F)[c-]c1F)C1CCCCC1.[Ti]. The monoisotopic (exact) mass is 396 g/mol. The molecular formula is C19H17ClF2NOTi-. The molecule has 1 amide bonds. The van der Waals surface area contributed by atoms with E-state index in [4.69, 9.17) is 11.6 Å². The van der Waals surface area contributed by atoms with Crippen molar-refractivity contribution in [3.63, 3.8) is 0 Å². The fourth-order valence-corrected chi connectivity index (χ4v) is 3.29. The Morgan fingerprint density at radius 3 is 2.28 bits per heavy atom. The second-order valence-electron chi connectivity index (χ2n) is 5.98. The second kappa shape index (κ2) is 8.93. The Balaban J connectivity index is 0.00000225. The average molecular weight is 397 g/mol. The molecule has 2 nitrogen and oxygen atoms in total. The quantitative estimate of drug-likeness (QED) is 0.503. The van der Waals surface area contributed by atoms with Crippen LogP contribution in [0.15, 0.2) is 36.4 Å². The van der Waals surface area contributed by atoms with Crippen LogP contribution in [0.2, 0.25) is 5.02 Å². The topological polar surface area (TPSA) is 20.3 Å². The minimum Gasteiger partial charge on any atom is -0.357 e. The van der Waals surface area contributed by atoms with Crippen LogP contribution in [0, 0.1) is 17.7 Å². The van der Waals surface area contributed by atoms with Gasteiger partial charge in [-0.1, -0.05) is 30.9 Å². The number of carbonyl (C=O) groups excluding carboxylic acids is 1. The van der Waals surface area contributed by atoms with Crippen molar-refractivity contribution >= 4 is 23.2 Å². The molecule has 0 unspecified atom stereocenters. The molecule has 0 spiro atoms. The third kappa shape index (κ3) is 4.69. The van der Waals surface area contributed by atoms with Gasteiger partial charge >= 0.3 is 0 Å². The third-order valence-electron chi connectivity index (χ3n) is 4.35. The molecule has 130 valence electrons. The molecule has 1 saturated carbocycles. The van der Waals surface area contributed by atoms with E-state index in [2.05, 4.69) is 0 Å². The van der Waals surface area contributed by atoms with Gasteiger partial charge in [0.05, 0.1) is 0 Å². The van der Waals surface area contributed by atoms with Crippen LogP contribution in [0.5, 0.6) is 0 Å². The number of rotatable bonds is 3. The largest absolute Gasteiger partial charge is 0.357 e. The molecule has 3 rings (SSSR count). The van der Waals surface area contributed by atoms with Crippen molar-refractivity contribution < 1.29 is 35.3 Å². The molecule has 0 aromatic heterocycles. The third-order valence-corrected chi connectivity index (χ3v) is 4.60. The molecule has 1 aliphatic carbocycles. The Bertz CT molecular complexity index is 733. The van der Waals surface area contributed by atoms with Gasteiger partial charge in [0.25, 0.3) is 0 Å². The molecule has 1 fully saturated rings. The van der Waals surface area contributed by atoms with Gasteiger partial charge in [0.15, 0.2) is 0 Å². The Hall–Kier alpha value is -1.23. The molecular weight excluding hydrogens is 380 g/mol. The van der Waals surface area contributed by atoms with E-state index >= 15 is 0 Å². The summed E-state index contributed by atoms with van der Waals surface area (Å²) in [6, 6.07) is 10.8. The molecule has 0 bridgehead atoms. The van der Waals surface area contributed by atoms with E-state index in [1.165, 1.54) is 11.0 Å². The van der Waals surface area contributed by atoms with E-state index in [1.54, 1.807) is 24.3 Å². The Labute approximate surface area is 166 Å². The van der Waals surface area contributed by atoms with Gasteiger partial charge < -0.3 is 4.90 Å². The van der Waals surface area contributed by atoms with Crippen molar-refractivity contribution in [3.05, 3.63) is 64.7 Å². The number of benzene rings is 2. The van der Waals surface area contributed by atoms with Gasteiger partial charge in [0.2, 0.25) is 5.91 Å². The molecule has 6 heteroatoms. The van der Waals surface area contributed by atoms with Crippen LogP contribution in [0.1, 0.15) is 42.5 Å². The summed E-state index contributed by atoms with van der Waals surface area (Å²) in [5.41, 5.74) is 0.497. The summed E-state index contributed by atoms with van der Waals surface area (Å²) >= 11 is 5.87. The number of halogens is 3. The van der Waals surface area contributed by atoms with Gasteiger partial charge in [-0.2, -0.15) is 0 Å².